The average Bonchev–Trinajstić information content (AvgIpc) is 3.36. The Hall–Kier alpha value is -5.37. The van der Waals surface area contributed by atoms with Crippen molar-refractivity contribution in [3.05, 3.63) is 93.4 Å². The van der Waals surface area contributed by atoms with Crippen molar-refractivity contribution >= 4 is 63.5 Å². The Morgan fingerprint density at radius 1 is 0.979 bits per heavy atom. The summed E-state index contributed by atoms with van der Waals surface area (Å²) < 4.78 is 5.91. The zero-order valence-electron chi connectivity index (χ0n) is 26.7. The van der Waals surface area contributed by atoms with Gasteiger partial charge < -0.3 is 24.8 Å². The van der Waals surface area contributed by atoms with Crippen LogP contribution in [0.25, 0.3) is 6.08 Å². The van der Waals surface area contributed by atoms with Crippen molar-refractivity contribution in [1.29, 1.82) is 0 Å². The van der Waals surface area contributed by atoms with Crippen molar-refractivity contribution in [2.75, 3.05) is 67.5 Å². The summed E-state index contributed by atoms with van der Waals surface area (Å²) in [5.41, 5.74) is 2.46. The summed E-state index contributed by atoms with van der Waals surface area (Å²) in [4.78, 5) is 69.7. The Bertz CT molecular complexity index is 1720. The Labute approximate surface area is 282 Å². The number of nitro groups is 1. The molecular formula is C34H36N6O7S. The number of piperazine rings is 1. The molecule has 1 N–H and O–H groups in total. The third-order valence-electron chi connectivity index (χ3n) is 8.03. The van der Waals surface area contributed by atoms with E-state index in [4.69, 9.17) is 4.74 Å². The normalized spacial score (nSPS) is 15.5. The molecule has 0 atom stereocenters. The van der Waals surface area contributed by atoms with Gasteiger partial charge in [-0.25, -0.2) is 0 Å². The van der Waals surface area contributed by atoms with Gasteiger partial charge in [0.1, 0.15) is 12.3 Å². The van der Waals surface area contributed by atoms with E-state index in [9.17, 15) is 29.3 Å². The Morgan fingerprint density at radius 3 is 2.40 bits per heavy atom. The van der Waals surface area contributed by atoms with Gasteiger partial charge in [-0.05, 0) is 62.0 Å². The number of amides is 4. The van der Waals surface area contributed by atoms with Crippen LogP contribution in [0.2, 0.25) is 0 Å². The van der Waals surface area contributed by atoms with E-state index in [2.05, 4.69) is 15.1 Å². The van der Waals surface area contributed by atoms with E-state index in [1.54, 1.807) is 17.0 Å². The van der Waals surface area contributed by atoms with Crippen LogP contribution in [-0.2, 0) is 14.4 Å². The van der Waals surface area contributed by atoms with Crippen LogP contribution in [0.1, 0.15) is 19.4 Å². The number of hydrogen-bond acceptors (Lipinski definition) is 10. The Balaban J connectivity index is 1.27. The molecule has 0 unspecified atom stereocenters. The fourth-order valence-corrected chi connectivity index (χ4v) is 6.29. The zero-order valence-corrected chi connectivity index (χ0v) is 27.5. The fourth-order valence-electron chi connectivity index (χ4n) is 5.46. The maximum Gasteiger partial charge on any atom is 0.294 e. The number of benzene rings is 3. The molecule has 13 nitrogen and oxygen atoms in total. The monoisotopic (exact) mass is 672 g/mol. The SMILES string of the molecule is CCN(CC)c1ccc(/C=C2/SC(=O)N(CC(=O)N3CCN(c4ccccc4)CC3)C2=O)c(OCC(=O)Nc2cccc([N+](=O)[O-])c2)c1. The third kappa shape index (κ3) is 8.12. The maximum absolute atomic E-state index is 13.4. The zero-order chi connectivity index (χ0) is 34.2. The molecule has 0 aromatic heterocycles. The minimum Gasteiger partial charge on any atom is -0.483 e. The quantitative estimate of drug-likeness (QED) is 0.161. The van der Waals surface area contributed by atoms with Crippen LogP contribution < -0.4 is 19.9 Å². The fraction of sp³-hybridized carbons (Fsp3) is 0.294. The number of nitro benzene ring substituents is 1. The molecule has 3 aromatic rings. The van der Waals surface area contributed by atoms with Crippen molar-refractivity contribution in [3.8, 4) is 5.75 Å². The molecule has 4 amide bonds. The number of hydrogen-bond donors (Lipinski definition) is 1. The highest BCUT2D eigenvalue weighted by Crippen LogP contribution is 2.35. The van der Waals surface area contributed by atoms with Crippen molar-refractivity contribution in [2.24, 2.45) is 0 Å². The number of carbonyl (C=O) groups is 4. The maximum atomic E-state index is 13.4. The first-order valence-electron chi connectivity index (χ1n) is 15.6. The summed E-state index contributed by atoms with van der Waals surface area (Å²) in [6.07, 6.45) is 1.52. The van der Waals surface area contributed by atoms with Gasteiger partial charge in [-0.15, -0.1) is 0 Å². The number of anilines is 3. The highest BCUT2D eigenvalue weighted by atomic mass is 32.2. The molecule has 0 radical (unpaired) electrons. The number of nitrogens with zero attached hydrogens (tertiary/aromatic N) is 5. The van der Waals surface area contributed by atoms with Gasteiger partial charge in [-0.2, -0.15) is 0 Å². The highest BCUT2D eigenvalue weighted by Gasteiger charge is 2.37. The van der Waals surface area contributed by atoms with Crippen LogP contribution in [0, 0.1) is 10.1 Å². The van der Waals surface area contributed by atoms with E-state index in [0.29, 0.717) is 37.5 Å². The van der Waals surface area contributed by atoms with E-state index in [-0.39, 0.29) is 28.7 Å². The van der Waals surface area contributed by atoms with Gasteiger partial charge in [0.15, 0.2) is 6.61 Å². The minimum absolute atomic E-state index is 0.128. The lowest BCUT2D eigenvalue weighted by molar-refractivity contribution is -0.384. The molecule has 0 saturated carbocycles. The van der Waals surface area contributed by atoms with Crippen LogP contribution in [-0.4, -0.2) is 90.1 Å². The first-order chi connectivity index (χ1) is 23.2. The number of rotatable bonds is 12. The van der Waals surface area contributed by atoms with Gasteiger partial charge in [0.25, 0.3) is 22.7 Å². The molecule has 250 valence electrons. The number of non-ortho nitro benzene ring substituents is 1. The van der Waals surface area contributed by atoms with Crippen molar-refractivity contribution in [1.82, 2.24) is 9.80 Å². The Kier molecular flexibility index (Phi) is 11.0. The van der Waals surface area contributed by atoms with E-state index >= 15 is 0 Å². The third-order valence-corrected chi connectivity index (χ3v) is 8.94. The lowest BCUT2D eigenvalue weighted by Gasteiger charge is -2.36. The van der Waals surface area contributed by atoms with Crippen LogP contribution in [0.4, 0.5) is 27.5 Å². The summed E-state index contributed by atoms with van der Waals surface area (Å²) in [5.74, 6) is -1.12. The number of imide groups is 1. The second-order valence-electron chi connectivity index (χ2n) is 11.0. The molecule has 2 saturated heterocycles. The van der Waals surface area contributed by atoms with Crippen LogP contribution in [0.3, 0.4) is 0 Å². The van der Waals surface area contributed by atoms with Gasteiger partial charge in [0.05, 0.1) is 9.83 Å². The highest BCUT2D eigenvalue weighted by molar-refractivity contribution is 8.18. The molecule has 3 aromatic carbocycles. The van der Waals surface area contributed by atoms with Crippen LogP contribution >= 0.6 is 11.8 Å². The second kappa shape index (κ2) is 15.5. The van der Waals surface area contributed by atoms with Crippen molar-refractivity contribution in [2.45, 2.75) is 13.8 Å². The largest absolute Gasteiger partial charge is 0.483 e. The predicted octanol–water partition coefficient (Wildman–Crippen LogP) is 4.84. The van der Waals surface area contributed by atoms with E-state index in [1.165, 1.54) is 30.3 Å². The Morgan fingerprint density at radius 2 is 1.71 bits per heavy atom. The summed E-state index contributed by atoms with van der Waals surface area (Å²) in [7, 11) is 0. The summed E-state index contributed by atoms with van der Waals surface area (Å²) >= 11 is 0.740. The molecule has 5 rings (SSSR count). The second-order valence-corrected chi connectivity index (χ2v) is 12.0. The molecule has 48 heavy (non-hydrogen) atoms. The molecule has 2 aliphatic rings. The van der Waals surface area contributed by atoms with Gasteiger partial charge in [0.2, 0.25) is 5.91 Å². The van der Waals surface area contributed by atoms with Crippen LogP contribution in [0.5, 0.6) is 5.75 Å². The number of para-hydroxylation sites is 1. The molecule has 2 fully saturated rings. The average molecular weight is 673 g/mol. The molecule has 0 spiro atoms. The standard InChI is InChI=1S/C34H36N6O7S/c1-3-36(4-2)27-14-13-24(29(21-27)47-23-31(41)35-25-9-8-12-28(20-25)40(45)46)19-30-33(43)39(34(44)48-30)22-32(42)38-17-15-37(16-18-38)26-10-6-5-7-11-26/h5-14,19-21H,3-4,15-18,22-23H2,1-2H3,(H,35,41)/b30-19+. The molecule has 2 heterocycles. The van der Waals surface area contributed by atoms with Crippen LogP contribution in [0.15, 0.2) is 77.7 Å². The molecule has 0 aliphatic carbocycles. The summed E-state index contributed by atoms with van der Waals surface area (Å²) in [5, 5.41) is 13.2. The van der Waals surface area contributed by atoms with Crippen molar-refractivity contribution < 1.29 is 28.8 Å². The number of nitrogens with one attached hydrogen (secondary N) is 1. The molecule has 14 heteroatoms. The lowest BCUT2D eigenvalue weighted by Crippen LogP contribution is -2.51. The van der Waals surface area contributed by atoms with E-state index in [0.717, 1.165) is 41.1 Å². The number of thioether (sulfide) groups is 1. The van der Waals surface area contributed by atoms with E-state index < -0.39 is 28.6 Å². The topological polar surface area (TPSA) is 146 Å². The summed E-state index contributed by atoms with van der Waals surface area (Å²) in [6, 6.07) is 20.8. The first kappa shape index (κ1) is 34.0. The molecule has 0 bridgehead atoms. The van der Waals surface area contributed by atoms with Gasteiger partial charge in [-0.3, -0.25) is 34.2 Å². The first-order valence-corrected chi connectivity index (χ1v) is 16.4. The summed E-state index contributed by atoms with van der Waals surface area (Å²) in [6.45, 7) is 6.93. The van der Waals surface area contributed by atoms with Gasteiger partial charge in [-0.1, -0.05) is 24.3 Å². The van der Waals surface area contributed by atoms with Gasteiger partial charge in [0, 0.05) is 80.1 Å². The van der Waals surface area contributed by atoms with E-state index in [1.807, 2.05) is 50.2 Å². The number of ether oxygens (including phenoxy) is 1. The molecule has 2 aliphatic heterocycles. The minimum atomic E-state index is -0.580. The molecular weight excluding hydrogens is 636 g/mol. The number of carbonyl (C=O) groups excluding carboxylic acids is 4. The smallest absolute Gasteiger partial charge is 0.294 e. The van der Waals surface area contributed by atoms with Gasteiger partial charge >= 0.3 is 0 Å². The lowest BCUT2D eigenvalue weighted by atomic mass is 10.1. The predicted molar refractivity (Wildman–Crippen MR) is 185 cm³/mol. The van der Waals surface area contributed by atoms with Crippen molar-refractivity contribution in [3.63, 3.8) is 0 Å².